The van der Waals surface area contributed by atoms with Crippen LogP contribution >= 0.6 is 27.3 Å². The summed E-state index contributed by atoms with van der Waals surface area (Å²) < 4.78 is 6.85. The molecule has 3 rings (SSSR count). The van der Waals surface area contributed by atoms with Crippen molar-refractivity contribution < 1.29 is 9.53 Å². The molecule has 0 spiro atoms. The van der Waals surface area contributed by atoms with E-state index < -0.39 is 0 Å². The number of hydrogen-bond acceptors (Lipinski definition) is 4. The van der Waals surface area contributed by atoms with Crippen LogP contribution in [0, 0.1) is 0 Å². The van der Waals surface area contributed by atoms with Gasteiger partial charge in [-0.25, -0.2) is 4.98 Å². The Kier molecular flexibility index (Phi) is 8.49. The number of nitrogens with zero attached hydrogens (tertiary/aromatic N) is 1. The molecule has 1 aromatic heterocycles. The van der Waals surface area contributed by atoms with E-state index in [0.29, 0.717) is 24.6 Å². The molecule has 0 aliphatic carbocycles. The zero-order valence-corrected chi connectivity index (χ0v) is 21.6. The lowest BCUT2D eigenvalue weighted by molar-refractivity contribution is -0.116. The van der Waals surface area contributed by atoms with Gasteiger partial charge < -0.3 is 10.1 Å². The van der Waals surface area contributed by atoms with Crippen LogP contribution in [0.4, 0.5) is 5.13 Å². The molecule has 0 saturated carbocycles. The highest BCUT2D eigenvalue weighted by atomic mass is 79.9. The van der Waals surface area contributed by atoms with Crippen molar-refractivity contribution >= 4 is 38.3 Å². The van der Waals surface area contributed by atoms with Gasteiger partial charge in [-0.1, -0.05) is 67.9 Å². The van der Waals surface area contributed by atoms with E-state index in [-0.39, 0.29) is 11.3 Å². The molecule has 0 aliphatic heterocycles. The molecule has 3 aromatic rings. The molecule has 0 bridgehead atoms. The molecule has 6 heteroatoms. The topological polar surface area (TPSA) is 51.2 Å². The van der Waals surface area contributed by atoms with Crippen LogP contribution in [-0.2, 0) is 16.6 Å². The molecule has 0 aliphatic rings. The molecule has 0 unspecified atom stereocenters. The standard InChI is InChI=1S/C26H31BrN2O2S/c1-5-22-24(18-9-13-20(27)14-10-18)29-25(32-22)28-23(30)8-7-17-31-21-15-11-19(12-16-21)26(3,4)6-2/h9-16H,5-8,17H2,1-4H3,(H,28,29,30). The van der Waals surface area contributed by atoms with E-state index in [4.69, 9.17) is 4.74 Å². The van der Waals surface area contributed by atoms with E-state index in [2.05, 4.69) is 66.1 Å². The van der Waals surface area contributed by atoms with Crippen molar-refractivity contribution in [2.24, 2.45) is 0 Å². The number of hydrogen-bond donors (Lipinski definition) is 1. The van der Waals surface area contributed by atoms with Gasteiger partial charge >= 0.3 is 0 Å². The van der Waals surface area contributed by atoms with Crippen LogP contribution in [0.2, 0.25) is 0 Å². The fourth-order valence-electron chi connectivity index (χ4n) is 3.29. The zero-order valence-electron chi connectivity index (χ0n) is 19.2. The van der Waals surface area contributed by atoms with Gasteiger partial charge in [0.1, 0.15) is 5.75 Å². The number of amides is 1. The SMILES string of the molecule is CCc1sc(NC(=O)CCCOc2ccc(C(C)(C)CC)cc2)nc1-c1ccc(Br)cc1. The molecule has 0 atom stereocenters. The Bertz CT molecular complexity index is 1030. The van der Waals surface area contributed by atoms with Crippen molar-refractivity contribution in [2.45, 2.75) is 58.8 Å². The number of halogens is 1. The van der Waals surface area contributed by atoms with Gasteiger partial charge in [0.15, 0.2) is 5.13 Å². The molecule has 0 saturated heterocycles. The molecule has 1 N–H and O–H groups in total. The third-order valence-electron chi connectivity index (χ3n) is 5.72. The number of carbonyl (C=O) groups excluding carboxylic acids is 1. The lowest BCUT2D eigenvalue weighted by Crippen LogP contribution is -2.15. The van der Waals surface area contributed by atoms with Crippen molar-refractivity contribution in [3.05, 3.63) is 63.4 Å². The van der Waals surface area contributed by atoms with Crippen LogP contribution in [0.1, 0.15) is 57.4 Å². The Morgan fingerprint density at radius 2 is 1.78 bits per heavy atom. The molecule has 0 radical (unpaired) electrons. The summed E-state index contributed by atoms with van der Waals surface area (Å²) in [6.45, 7) is 9.30. The van der Waals surface area contributed by atoms with Crippen molar-refractivity contribution in [3.8, 4) is 17.0 Å². The van der Waals surface area contributed by atoms with Crippen LogP contribution in [0.25, 0.3) is 11.3 Å². The maximum absolute atomic E-state index is 12.4. The van der Waals surface area contributed by atoms with Crippen molar-refractivity contribution in [1.29, 1.82) is 0 Å². The van der Waals surface area contributed by atoms with E-state index >= 15 is 0 Å². The number of thiazole rings is 1. The molecule has 1 heterocycles. The molecule has 2 aromatic carbocycles. The number of rotatable bonds is 10. The monoisotopic (exact) mass is 514 g/mol. The maximum Gasteiger partial charge on any atom is 0.226 e. The van der Waals surface area contributed by atoms with Crippen LogP contribution in [0.3, 0.4) is 0 Å². The average Bonchev–Trinajstić information content (AvgIpc) is 3.20. The third-order valence-corrected chi connectivity index (χ3v) is 7.36. The van der Waals surface area contributed by atoms with Crippen LogP contribution in [0.5, 0.6) is 5.75 Å². The predicted octanol–water partition coefficient (Wildman–Crippen LogP) is 7.62. The van der Waals surface area contributed by atoms with Crippen LogP contribution in [0.15, 0.2) is 53.0 Å². The second-order valence-electron chi connectivity index (χ2n) is 8.41. The first-order chi connectivity index (χ1) is 15.3. The van der Waals surface area contributed by atoms with Gasteiger partial charge in [-0.05, 0) is 54.5 Å². The fraction of sp³-hybridized carbons (Fsp3) is 0.385. The van der Waals surface area contributed by atoms with E-state index in [0.717, 1.165) is 34.3 Å². The number of benzene rings is 2. The second kappa shape index (κ2) is 11.1. The number of aromatic nitrogens is 1. The molecular formula is C26H31BrN2O2S. The van der Waals surface area contributed by atoms with Gasteiger partial charge in [-0.15, -0.1) is 11.3 Å². The van der Waals surface area contributed by atoms with E-state index in [1.54, 1.807) is 11.3 Å². The van der Waals surface area contributed by atoms with Crippen molar-refractivity contribution in [3.63, 3.8) is 0 Å². The zero-order chi connectivity index (χ0) is 23.1. The summed E-state index contributed by atoms with van der Waals surface area (Å²) in [5.74, 6) is 0.806. The summed E-state index contributed by atoms with van der Waals surface area (Å²) in [5, 5.41) is 3.60. The summed E-state index contributed by atoms with van der Waals surface area (Å²) >= 11 is 5.01. The quantitative estimate of drug-likeness (QED) is 0.283. The van der Waals surface area contributed by atoms with Gasteiger partial charge in [-0.3, -0.25) is 4.79 Å². The molecule has 170 valence electrons. The Labute approximate surface area is 203 Å². The van der Waals surface area contributed by atoms with Gasteiger partial charge in [0.05, 0.1) is 12.3 Å². The first kappa shape index (κ1) is 24.5. The first-order valence-corrected chi connectivity index (χ1v) is 12.7. The van der Waals surface area contributed by atoms with Gasteiger partial charge in [0, 0.05) is 21.3 Å². The maximum atomic E-state index is 12.4. The van der Waals surface area contributed by atoms with Crippen LogP contribution in [-0.4, -0.2) is 17.5 Å². The summed E-state index contributed by atoms with van der Waals surface area (Å²) in [4.78, 5) is 18.2. The third kappa shape index (κ3) is 6.42. The Morgan fingerprint density at radius 1 is 1.09 bits per heavy atom. The molecule has 1 amide bonds. The number of carbonyl (C=O) groups is 1. The minimum absolute atomic E-state index is 0.0348. The summed E-state index contributed by atoms with van der Waals surface area (Å²) in [7, 11) is 0. The number of ether oxygens (including phenoxy) is 1. The normalized spacial score (nSPS) is 11.4. The highest BCUT2D eigenvalue weighted by Crippen LogP contribution is 2.32. The molecule has 32 heavy (non-hydrogen) atoms. The van der Waals surface area contributed by atoms with E-state index in [1.165, 1.54) is 10.4 Å². The lowest BCUT2D eigenvalue weighted by Gasteiger charge is -2.23. The number of anilines is 1. The Hall–Kier alpha value is -2.18. The lowest BCUT2D eigenvalue weighted by atomic mass is 9.82. The largest absolute Gasteiger partial charge is 0.494 e. The summed E-state index contributed by atoms with van der Waals surface area (Å²) in [6, 6.07) is 16.4. The van der Waals surface area contributed by atoms with Gasteiger partial charge in [0.2, 0.25) is 5.91 Å². The summed E-state index contributed by atoms with van der Waals surface area (Å²) in [6.07, 6.45) is 3.02. The second-order valence-corrected chi connectivity index (χ2v) is 10.4. The average molecular weight is 516 g/mol. The first-order valence-electron chi connectivity index (χ1n) is 11.1. The smallest absolute Gasteiger partial charge is 0.226 e. The minimum Gasteiger partial charge on any atom is -0.494 e. The minimum atomic E-state index is -0.0348. The molecule has 0 fully saturated rings. The number of nitrogens with one attached hydrogen (secondary N) is 1. The Morgan fingerprint density at radius 3 is 2.41 bits per heavy atom. The van der Waals surface area contributed by atoms with Gasteiger partial charge in [0.25, 0.3) is 0 Å². The predicted molar refractivity (Wildman–Crippen MR) is 138 cm³/mol. The highest BCUT2D eigenvalue weighted by Gasteiger charge is 2.17. The highest BCUT2D eigenvalue weighted by molar-refractivity contribution is 9.10. The Balaban J connectivity index is 1.48. The summed E-state index contributed by atoms with van der Waals surface area (Å²) in [5.41, 5.74) is 3.48. The van der Waals surface area contributed by atoms with E-state index in [1.807, 2.05) is 36.4 Å². The van der Waals surface area contributed by atoms with Crippen molar-refractivity contribution in [1.82, 2.24) is 4.98 Å². The van der Waals surface area contributed by atoms with E-state index in [9.17, 15) is 4.79 Å². The number of aryl methyl sites for hydroxylation is 1. The molecular weight excluding hydrogens is 484 g/mol. The van der Waals surface area contributed by atoms with Crippen molar-refractivity contribution in [2.75, 3.05) is 11.9 Å². The van der Waals surface area contributed by atoms with Gasteiger partial charge in [-0.2, -0.15) is 0 Å². The molecule has 4 nitrogen and oxygen atoms in total. The fourth-order valence-corrected chi connectivity index (χ4v) is 4.49. The van der Waals surface area contributed by atoms with Crippen LogP contribution < -0.4 is 10.1 Å².